The maximum atomic E-state index is 11.9. The Balaban J connectivity index is 2.90. The molecule has 19 heavy (non-hydrogen) atoms. The number of carbonyl (C=O) groups excluding carboxylic acids is 1. The molecular weight excluding hydrogens is 270 g/mol. The van der Waals surface area contributed by atoms with Gasteiger partial charge in [0.05, 0.1) is 10.9 Å². The number of carboxylic acid groups (broad SMARTS) is 1. The second-order valence-electron chi connectivity index (χ2n) is 3.99. The number of aliphatic carboxylic acids is 1. The average molecular weight is 286 g/mol. The fourth-order valence-corrected chi connectivity index (χ4v) is 2.63. The van der Waals surface area contributed by atoms with Crippen LogP contribution in [0, 0.1) is 6.92 Å². The van der Waals surface area contributed by atoms with Crippen molar-refractivity contribution in [3.05, 3.63) is 23.8 Å². The Kier molecular flexibility index (Phi) is 5.31. The number of sulfonamides is 1. The SMILES string of the molecule is CCCNS(=O)(=O)c1ccc(OCC(=O)[O-])c(C)c1. The molecule has 106 valence electrons. The highest BCUT2D eigenvalue weighted by Crippen LogP contribution is 2.21. The van der Waals surface area contributed by atoms with Crippen LogP contribution in [0.1, 0.15) is 18.9 Å². The lowest BCUT2D eigenvalue weighted by molar-refractivity contribution is -0.307. The fourth-order valence-electron chi connectivity index (χ4n) is 1.41. The van der Waals surface area contributed by atoms with Gasteiger partial charge in [0.2, 0.25) is 10.0 Å². The summed E-state index contributed by atoms with van der Waals surface area (Å²) in [6, 6.07) is 4.23. The molecule has 1 N–H and O–H groups in total. The molecule has 0 saturated heterocycles. The number of benzene rings is 1. The van der Waals surface area contributed by atoms with Crippen LogP contribution in [0.3, 0.4) is 0 Å². The van der Waals surface area contributed by atoms with Gasteiger partial charge in [0.25, 0.3) is 0 Å². The van der Waals surface area contributed by atoms with Crippen LogP contribution in [-0.2, 0) is 14.8 Å². The third kappa shape index (κ3) is 4.53. The van der Waals surface area contributed by atoms with Gasteiger partial charge in [0.1, 0.15) is 12.4 Å². The molecule has 1 rings (SSSR count). The molecule has 0 bridgehead atoms. The molecule has 7 heteroatoms. The van der Waals surface area contributed by atoms with Gasteiger partial charge in [-0.3, -0.25) is 0 Å². The lowest BCUT2D eigenvalue weighted by Crippen LogP contribution is -2.29. The van der Waals surface area contributed by atoms with Gasteiger partial charge in [-0.05, 0) is 37.1 Å². The predicted molar refractivity (Wildman–Crippen MR) is 67.2 cm³/mol. The van der Waals surface area contributed by atoms with Crippen LogP contribution in [0.4, 0.5) is 0 Å². The topological polar surface area (TPSA) is 95.5 Å². The summed E-state index contributed by atoms with van der Waals surface area (Å²) in [6.45, 7) is 3.30. The maximum absolute atomic E-state index is 11.9. The van der Waals surface area contributed by atoms with Gasteiger partial charge in [-0.1, -0.05) is 6.92 Å². The van der Waals surface area contributed by atoms with Crippen LogP contribution in [-0.4, -0.2) is 27.5 Å². The summed E-state index contributed by atoms with van der Waals surface area (Å²) < 4.78 is 31.1. The van der Waals surface area contributed by atoms with E-state index in [-0.39, 0.29) is 4.90 Å². The first-order chi connectivity index (χ1) is 8.86. The Morgan fingerprint density at radius 1 is 1.42 bits per heavy atom. The van der Waals surface area contributed by atoms with E-state index in [1.54, 1.807) is 6.92 Å². The van der Waals surface area contributed by atoms with Gasteiger partial charge in [-0.25, -0.2) is 13.1 Å². The van der Waals surface area contributed by atoms with Crippen LogP contribution < -0.4 is 14.6 Å². The lowest BCUT2D eigenvalue weighted by Gasteiger charge is -2.11. The highest BCUT2D eigenvalue weighted by molar-refractivity contribution is 7.89. The quantitative estimate of drug-likeness (QED) is 0.749. The summed E-state index contributed by atoms with van der Waals surface area (Å²) in [6.07, 6.45) is 0.699. The van der Waals surface area contributed by atoms with Gasteiger partial charge in [-0.2, -0.15) is 0 Å². The molecule has 0 unspecified atom stereocenters. The number of ether oxygens (including phenoxy) is 1. The maximum Gasteiger partial charge on any atom is 0.240 e. The summed E-state index contributed by atoms with van der Waals surface area (Å²) in [7, 11) is -3.53. The lowest BCUT2D eigenvalue weighted by atomic mass is 10.2. The van der Waals surface area contributed by atoms with E-state index in [1.165, 1.54) is 18.2 Å². The summed E-state index contributed by atoms with van der Waals surface area (Å²) in [5.41, 5.74) is 0.542. The van der Waals surface area contributed by atoms with Gasteiger partial charge in [0.15, 0.2) is 0 Å². The van der Waals surface area contributed by atoms with Crippen LogP contribution >= 0.6 is 0 Å². The number of rotatable bonds is 7. The van der Waals surface area contributed by atoms with Crippen molar-refractivity contribution >= 4 is 16.0 Å². The van der Waals surface area contributed by atoms with E-state index in [9.17, 15) is 18.3 Å². The van der Waals surface area contributed by atoms with Crippen molar-refractivity contribution in [2.24, 2.45) is 0 Å². The molecule has 0 atom stereocenters. The number of hydrogen-bond acceptors (Lipinski definition) is 5. The van der Waals surface area contributed by atoms with E-state index in [0.29, 0.717) is 24.3 Å². The molecule has 0 fully saturated rings. The number of carboxylic acids is 1. The van der Waals surface area contributed by atoms with Crippen LogP contribution in [0.2, 0.25) is 0 Å². The fraction of sp³-hybridized carbons (Fsp3) is 0.417. The molecule has 0 amide bonds. The van der Waals surface area contributed by atoms with Crippen molar-refractivity contribution in [3.63, 3.8) is 0 Å². The van der Waals surface area contributed by atoms with Crippen molar-refractivity contribution in [3.8, 4) is 5.75 Å². The molecule has 0 spiro atoms. The minimum atomic E-state index is -3.53. The van der Waals surface area contributed by atoms with Crippen LogP contribution in [0.25, 0.3) is 0 Å². The zero-order chi connectivity index (χ0) is 14.5. The van der Waals surface area contributed by atoms with Crippen LogP contribution in [0.15, 0.2) is 23.1 Å². The molecule has 0 radical (unpaired) electrons. The number of hydrogen-bond donors (Lipinski definition) is 1. The molecule has 1 aromatic carbocycles. The largest absolute Gasteiger partial charge is 0.546 e. The smallest absolute Gasteiger partial charge is 0.240 e. The normalized spacial score (nSPS) is 11.3. The highest BCUT2D eigenvalue weighted by atomic mass is 32.2. The predicted octanol–water partition coefficient (Wildman–Crippen LogP) is -0.188. The Morgan fingerprint density at radius 2 is 2.11 bits per heavy atom. The summed E-state index contributed by atoms with van der Waals surface area (Å²) in [4.78, 5) is 10.4. The van der Waals surface area contributed by atoms with E-state index in [1.807, 2.05) is 6.92 Å². The van der Waals surface area contributed by atoms with Crippen molar-refractivity contribution in [1.29, 1.82) is 0 Å². The molecule has 0 saturated carbocycles. The molecule has 0 aliphatic rings. The second kappa shape index (κ2) is 6.53. The highest BCUT2D eigenvalue weighted by Gasteiger charge is 2.14. The first-order valence-electron chi connectivity index (χ1n) is 5.79. The third-order valence-corrected chi connectivity index (χ3v) is 3.80. The van der Waals surface area contributed by atoms with Gasteiger partial charge in [0, 0.05) is 6.54 Å². The van der Waals surface area contributed by atoms with E-state index >= 15 is 0 Å². The Labute approximate surface area is 112 Å². The average Bonchev–Trinajstić information content (AvgIpc) is 2.34. The number of carbonyl (C=O) groups is 1. The van der Waals surface area contributed by atoms with Crippen molar-refractivity contribution in [1.82, 2.24) is 4.72 Å². The monoisotopic (exact) mass is 286 g/mol. The first-order valence-corrected chi connectivity index (χ1v) is 7.28. The molecule has 0 aliphatic heterocycles. The number of nitrogens with one attached hydrogen (secondary N) is 1. The van der Waals surface area contributed by atoms with E-state index in [2.05, 4.69) is 4.72 Å². The minimum absolute atomic E-state index is 0.124. The number of aryl methyl sites for hydroxylation is 1. The van der Waals surface area contributed by atoms with Gasteiger partial charge < -0.3 is 14.6 Å². The first kappa shape index (κ1) is 15.5. The summed E-state index contributed by atoms with van der Waals surface area (Å²) in [5.74, 6) is -1.01. The Bertz CT molecular complexity index is 553. The molecule has 1 aromatic rings. The van der Waals surface area contributed by atoms with Gasteiger partial charge in [-0.15, -0.1) is 0 Å². The zero-order valence-electron chi connectivity index (χ0n) is 10.8. The standard InChI is InChI=1S/C12H17NO5S/c1-3-6-13-19(16,17)10-4-5-11(9(2)7-10)18-8-12(14)15/h4-5,7,13H,3,6,8H2,1-2H3,(H,14,15)/p-1. The second-order valence-corrected chi connectivity index (χ2v) is 5.75. The van der Waals surface area contributed by atoms with Crippen molar-refractivity contribution < 1.29 is 23.1 Å². The zero-order valence-corrected chi connectivity index (χ0v) is 11.6. The Morgan fingerprint density at radius 3 is 2.63 bits per heavy atom. The molecular formula is C12H16NO5S-. The van der Waals surface area contributed by atoms with Crippen molar-refractivity contribution in [2.75, 3.05) is 13.2 Å². The molecule has 0 aromatic heterocycles. The van der Waals surface area contributed by atoms with E-state index in [4.69, 9.17) is 4.74 Å². The molecule has 0 heterocycles. The van der Waals surface area contributed by atoms with Crippen molar-refractivity contribution in [2.45, 2.75) is 25.2 Å². The summed E-state index contributed by atoms with van der Waals surface area (Å²) >= 11 is 0. The molecule has 6 nitrogen and oxygen atoms in total. The van der Waals surface area contributed by atoms with Crippen LogP contribution in [0.5, 0.6) is 5.75 Å². The minimum Gasteiger partial charge on any atom is -0.546 e. The van der Waals surface area contributed by atoms with E-state index < -0.39 is 22.6 Å². The summed E-state index contributed by atoms with van der Waals surface area (Å²) in [5, 5.41) is 10.3. The van der Waals surface area contributed by atoms with E-state index in [0.717, 1.165) is 0 Å². The van der Waals surface area contributed by atoms with Gasteiger partial charge >= 0.3 is 0 Å². The Hall–Kier alpha value is -1.60. The third-order valence-electron chi connectivity index (χ3n) is 2.34. The molecule has 0 aliphatic carbocycles.